The first kappa shape index (κ1) is 12.1. The molecule has 2 atom stereocenters. The van der Waals surface area contributed by atoms with Crippen molar-refractivity contribution in [2.45, 2.75) is 18.2 Å². The van der Waals surface area contributed by atoms with E-state index in [2.05, 4.69) is 15.6 Å². The molecule has 1 aromatic rings. The molecule has 86 valence electrons. The van der Waals surface area contributed by atoms with Crippen molar-refractivity contribution in [2.24, 2.45) is 7.05 Å². The number of sulfone groups is 1. The van der Waals surface area contributed by atoms with Gasteiger partial charge in [0.25, 0.3) is 0 Å². The maximum atomic E-state index is 11.4. The number of rotatable bonds is 4. The van der Waals surface area contributed by atoms with Gasteiger partial charge in [-0.2, -0.15) is 0 Å². The summed E-state index contributed by atoms with van der Waals surface area (Å²) in [5, 5.41) is 9.97. The van der Waals surface area contributed by atoms with Crippen LogP contribution in [-0.4, -0.2) is 42.0 Å². The minimum absolute atomic E-state index is 0.292. The Balaban J connectivity index is 3.06. The van der Waals surface area contributed by atoms with E-state index in [4.69, 9.17) is 0 Å². The lowest BCUT2D eigenvalue weighted by molar-refractivity contribution is 0.505. The molecule has 0 spiro atoms. The van der Waals surface area contributed by atoms with E-state index >= 15 is 0 Å². The zero-order valence-electron chi connectivity index (χ0n) is 9.30. The fourth-order valence-electron chi connectivity index (χ4n) is 1.45. The Labute approximate surface area is 89.6 Å². The highest BCUT2D eigenvalue weighted by Gasteiger charge is 2.28. The van der Waals surface area contributed by atoms with Crippen molar-refractivity contribution in [2.75, 3.05) is 13.3 Å². The minimum atomic E-state index is -3.09. The van der Waals surface area contributed by atoms with E-state index in [9.17, 15) is 8.42 Å². The van der Waals surface area contributed by atoms with Crippen molar-refractivity contribution in [3.63, 3.8) is 0 Å². The molecule has 1 heterocycles. The highest BCUT2D eigenvalue weighted by molar-refractivity contribution is 7.91. The van der Waals surface area contributed by atoms with Gasteiger partial charge in [0.15, 0.2) is 9.84 Å². The molecule has 7 heteroatoms. The molecule has 0 radical (unpaired) electrons. The third kappa shape index (κ3) is 2.54. The summed E-state index contributed by atoms with van der Waals surface area (Å²) in [4.78, 5) is 0. The van der Waals surface area contributed by atoms with Crippen LogP contribution in [0.15, 0.2) is 6.20 Å². The Morgan fingerprint density at radius 3 is 2.47 bits per heavy atom. The first-order valence-corrected chi connectivity index (χ1v) is 6.54. The van der Waals surface area contributed by atoms with Crippen LogP contribution in [0.1, 0.15) is 18.7 Å². The molecule has 0 amide bonds. The third-order valence-corrected chi connectivity index (χ3v) is 4.15. The molecule has 0 aliphatic rings. The van der Waals surface area contributed by atoms with E-state index in [1.54, 1.807) is 31.9 Å². The van der Waals surface area contributed by atoms with Gasteiger partial charge >= 0.3 is 0 Å². The first-order chi connectivity index (χ1) is 6.88. The van der Waals surface area contributed by atoms with Crippen LogP contribution in [0.25, 0.3) is 0 Å². The lowest BCUT2D eigenvalue weighted by atomic mass is 10.1. The van der Waals surface area contributed by atoms with E-state index in [0.717, 1.165) is 5.69 Å². The van der Waals surface area contributed by atoms with Gasteiger partial charge in [-0.3, -0.25) is 4.68 Å². The van der Waals surface area contributed by atoms with Crippen LogP contribution in [0.2, 0.25) is 0 Å². The molecule has 0 aliphatic heterocycles. The summed E-state index contributed by atoms with van der Waals surface area (Å²) in [5.74, 6) is 0. The zero-order chi connectivity index (χ0) is 11.6. The van der Waals surface area contributed by atoms with Crippen molar-refractivity contribution in [3.05, 3.63) is 11.9 Å². The number of aromatic nitrogens is 3. The summed E-state index contributed by atoms with van der Waals surface area (Å²) in [7, 11) is 0.371. The van der Waals surface area contributed by atoms with Crippen LogP contribution >= 0.6 is 0 Å². The van der Waals surface area contributed by atoms with Crippen LogP contribution in [0.4, 0.5) is 0 Å². The zero-order valence-corrected chi connectivity index (χ0v) is 10.1. The van der Waals surface area contributed by atoms with Crippen LogP contribution in [0.3, 0.4) is 0 Å². The number of aryl methyl sites for hydroxylation is 1. The molecule has 15 heavy (non-hydrogen) atoms. The summed E-state index contributed by atoms with van der Waals surface area (Å²) in [6.07, 6.45) is 2.80. The fraction of sp³-hybridized carbons (Fsp3) is 0.750. The van der Waals surface area contributed by atoms with Crippen molar-refractivity contribution < 1.29 is 8.42 Å². The van der Waals surface area contributed by atoms with Crippen LogP contribution in [0.5, 0.6) is 0 Å². The molecule has 0 fully saturated rings. The van der Waals surface area contributed by atoms with E-state index in [0.29, 0.717) is 0 Å². The second kappa shape index (κ2) is 4.28. The number of nitrogens with one attached hydrogen (secondary N) is 1. The van der Waals surface area contributed by atoms with E-state index in [1.165, 1.54) is 6.26 Å². The third-order valence-electron chi connectivity index (χ3n) is 2.52. The highest BCUT2D eigenvalue weighted by atomic mass is 32.2. The van der Waals surface area contributed by atoms with Gasteiger partial charge < -0.3 is 5.32 Å². The Morgan fingerprint density at radius 2 is 2.13 bits per heavy atom. The molecular formula is C8H16N4O2S. The number of hydrogen-bond donors (Lipinski definition) is 1. The lowest BCUT2D eigenvalue weighted by Crippen LogP contribution is -2.34. The molecule has 2 unspecified atom stereocenters. The van der Waals surface area contributed by atoms with Crippen LogP contribution < -0.4 is 5.32 Å². The lowest BCUT2D eigenvalue weighted by Gasteiger charge is -2.21. The van der Waals surface area contributed by atoms with Gasteiger partial charge in [-0.1, -0.05) is 5.21 Å². The molecule has 0 saturated heterocycles. The maximum absolute atomic E-state index is 11.4. The summed E-state index contributed by atoms with van der Waals surface area (Å²) in [6, 6.07) is -0.292. The average Bonchev–Trinajstić information content (AvgIpc) is 2.52. The number of nitrogens with zero attached hydrogens (tertiary/aromatic N) is 3. The van der Waals surface area contributed by atoms with E-state index in [1.807, 2.05) is 0 Å². The smallest absolute Gasteiger partial charge is 0.151 e. The van der Waals surface area contributed by atoms with Crippen LogP contribution in [-0.2, 0) is 16.9 Å². The second-order valence-electron chi connectivity index (χ2n) is 3.58. The summed E-state index contributed by atoms with van der Waals surface area (Å²) < 4.78 is 24.5. The van der Waals surface area contributed by atoms with Gasteiger partial charge in [-0.05, 0) is 14.0 Å². The van der Waals surface area contributed by atoms with Gasteiger partial charge in [-0.25, -0.2) is 8.42 Å². The molecule has 0 bridgehead atoms. The Bertz CT molecular complexity index is 426. The van der Waals surface area contributed by atoms with Crippen molar-refractivity contribution in [1.29, 1.82) is 0 Å². The average molecular weight is 232 g/mol. The van der Waals surface area contributed by atoms with Crippen LogP contribution in [0, 0.1) is 0 Å². The summed E-state index contributed by atoms with van der Waals surface area (Å²) in [5.41, 5.74) is 0.760. The van der Waals surface area contributed by atoms with E-state index in [-0.39, 0.29) is 6.04 Å². The quantitative estimate of drug-likeness (QED) is 0.758. The topological polar surface area (TPSA) is 76.9 Å². The molecule has 0 saturated carbocycles. The van der Waals surface area contributed by atoms with Gasteiger partial charge in [-0.15, -0.1) is 5.10 Å². The van der Waals surface area contributed by atoms with E-state index < -0.39 is 15.1 Å². The predicted octanol–water partition coefficient (Wildman–Crippen LogP) is -0.491. The van der Waals surface area contributed by atoms with Crippen molar-refractivity contribution >= 4 is 9.84 Å². The molecule has 1 rings (SSSR count). The fourth-order valence-corrected chi connectivity index (χ4v) is 2.22. The second-order valence-corrected chi connectivity index (χ2v) is 5.99. The predicted molar refractivity (Wildman–Crippen MR) is 57.1 cm³/mol. The van der Waals surface area contributed by atoms with Gasteiger partial charge in [0.2, 0.25) is 0 Å². The molecule has 1 aromatic heterocycles. The molecular weight excluding hydrogens is 216 g/mol. The molecule has 0 aromatic carbocycles. The van der Waals surface area contributed by atoms with Gasteiger partial charge in [0, 0.05) is 13.3 Å². The maximum Gasteiger partial charge on any atom is 0.151 e. The first-order valence-electron chi connectivity index (χ1n) is 4.58. The largest absolute Gasteiger partial charge is 0.311 e. The molecule has 0 aliphatic carbocycles. The molecule has 1 N–H and O–H groups in total. The van der Waals surface area contributed by atoms with Gasteiger partial charge in [0.1, 0.15) is 0 Å². The summed E-state index contributed by atoms with van der Waals surface area (Å²) in [6.45, 7) is 1.67. The monoisotopic (exact) mass is 232 g/mol. The molecule has 6 nitrogen and oxygen atoms in total. The van der Waals surface area contributed by atoms with Gasteiger partial charge in [0.05, 0.1) is 23.2 Å². The highest BCUT2D eigenvalue weighted by Crippen LogP contribution is 2.19. The minimum Gasteiger partial charge on any atom is -0.311 e. The Kier molecular flexibility index (Phi) is 3.46. The Morgan fingerprint density at radius 1 is 1.53 bits per heavy atom. The van der Waals surface area contributed by atoms with Crippen molar-refractivity contribution in [3.8, 4) is 0 Å². The Hall–Kier alpha value is -0.950. The standard InChI is InChI=1S/C8H16N4O2S/c1-6(15(4,13)14)8(9-2)7-5-10-11-12(7)3/h5-6,8-9H,1-4H3. The normalized spacial score (nSPS) is 16.3. The van der Waals surface area contributed by atoms with Crippen molar-refractivity contribution in [1.82, 2.24) is 20.3 Å². The number of hydrogen-bond acceptors (Lipinski definition) is 5. The summed E-state index contributed by atoms with van der Waals surface area (Å²) >= 11 is 0. The SMILES string of the molecule is CNC(c1cnnn1C)C(C)S(C)(=O)=O.